The van der Waals surface area contributed by atoms with Crippen LogP contribution in [0.1, 0.15) is 55.7 Å². The molecule has 9 nitrogen and oxygen atoms in total. The van der Waals surface area contributed by atoms with Crippen molar-refractivity contribution in [1.82, 2.24) is 10.6 Å². The van der Waals surface area contributed by atoms with Crippen LogP contribution in [0.3, 0.4) is 0 Å². The van der Waals surface area contributed by atoms with Gasteiger partial charge in [-0.25, -0.2) is 4.79 Å². The third-order valence-electron chi connectivity index (χ3n) is 6.79. The lowest BCUT2D eigenvalue weighted by atomic mass is 9.91. The zero-order valence-corrected chi connectivity index (χ0v) is 22.3. The maximum absolute atomic E-state index is 13.6. The molecule has 2 aromatic carbocycles. The quantitative estimate of drug-likeness (QED) is 0.138. The largest absolute Gasteiger partial charge is 0.861 e. The number of benzene rings is 2. The first-order valence-electron chi connectivity index (χ1n) is 13.1. The van der Waals surface area contributed by atoms with E-state index in [1.807, 2.05) is 0 Å². The molecule has 15 heteroatoms. The molecule has 226 valence electrons. The Hall–Kier alpha value is -4.14. The predicted molar refractivity (Wildman–Crippen MR) is 138 cm³/mol. The van der Waals surface area contributed by atoms with Crippen LogP contribution in [0.4, 0.5) is 48.4 Å². The molecule has 1 aliphatic carbocycles. The van der Waals surface area contributed by atoms with Crippen molar-refractivity contribution in [3.63, 3.8) is 0 Å². The van der Waals surface area contributed by atoms with Gasteiger partial charge in [0.25, 0.3) is 6.20 Å². The van der Waals surface area contributed by atoms with E-state index in [0.717, 1.165) is 6.07 Å². The molecule has 1 atom stereocenters. The first-order chi connectivity index (χ1) is 19.8. The zero-order chi connectivity index (χ0) is 30.5. The van der Waals surface area contributed by atoms with Gasteiger partial charge in [-0.1, -0.05) is 37.3 Å². The van der Waals surface area contributed by atoms with Crippen LogP contribution in [0.2, 0.25) is 0 Å². The third kappa shape index (κ3) is 8.68. The summed E-state index contributed by atoms with van der Waals surface area (Å²) in [5, 5.41) is 23.6. The minimum absolute atomic E-state index is 0.103. The van der Waals surface area contributed by atoms with E-state index in [2.05, 4.69) is 26.2 Å². The highest BCUT2D eigenvalue weighted by Gasteiger charge is 2.34. The molecule has 1 heterocycles. The molecule has 3 aromatic rings. The van der Waals surface area contributed by atoms with Crippen molar-refractivity contribution >= 4 is 29.2 Å². The van der Waals surface area contributed by atoms with Crippen LogP contribution >= 0.6 is 0 Å². The molecule has 0 radical (unpaired) electrons. The van der Waals surface area contributed by atoms with Crippen molar-refractivity contribution in [2.24, 2.45) is 4.99 Å². The second-order valence-electron chi connectivity index (χ2n) is 9.98. The number of hydrogen-bond acceptors (Lipinski definition) is 6. The Morgan fingerprint density at radius 3 is 2.40 bits per heavy atom. The smallest absolute Gasteiger partial charge is 0.416 e. The van der Waals surface area contributed by atoms with Crippen molar-refractivity contribution in [3.8, 4) is 0 Å². The summed E-state index contributed by atoms with van der Waals surface area (Å²) in [6, 6.07) is 9.80. The van der Waals surface area contributed by atoms with Gasteiger partial charge in [0, 0.05) is 30.5 Å². The predicted octanol–water partition coefficient (Wildman–Crippen LogP) is 5.45. The number of rotatable bonds is 8. The molecule has 0 bridgehead atoms. The van der Waals surface area contributed by atoms with E-state index < -0.39 is 42.3 Å². The highest BCUT2D eigenvalue weighted by Crippen LogP contribution is 2.35. The summed E-state index contributed by atoms with van der Waals surface area (Å²) >= 11 is 0. The standard InChI is InChI=1S/C27H28F6N6O3/c1-16(17-5-3-2-4-6-17)24(40)35-20-11-18(27(31,32)33)12-21(13-20)36-25(41)37-23-14-39(38-42-23)22-9-7-19(8-10-22)34-15-26(28,29)30/h2-6,11-14,16,19,22,34H,7-10,15H2,1H3,(H2-,35,36,37,38,40,41)/t16-,19?,22?/m0/s1. The molecular weight excluding hydrogens is 570 g/mol. The van der Waals surface area contributed by atoms with E-state index in [0.29, 0.717) is 43.4 Å². The lowest BCUT2D eigenvalue weighted by Gasteiger charge is -2.25. The van der Waals surface area contributed by atoms with Gasteiger partial charge in [0.15, 0.2) is 6.04 Å². The summed E-state index contributed by atoms with van der Waals surface area (Å²) in [4.78, 5) is 16.4. The molecule has 2 amide bonds. The number of amides is 2. The van der Waals surface area contributed by atoms with Crippen molar-refractivity contribution in [3.05, 3.63) is 65.9 Å². The molecule has 1 aliphatic rings. The number of halogens is 6. The van der Waals surface area contributed by atoms with Crippen molar-refractivity contribution in [2.45, 2.75) is 63.0 Å². The Kier molecular flexibility index (Phi) is 9.39. The molecule has 0 spiro atoms. The van der Waals surface area contributed by atoms with Crippen LogP contribution in [0.25, 0.3) is 0 Å². The Labute approximate surface area is 236 Å². The van der Waals surface area contributed by atoms with Gasteiger partial charge < -0.3 is 15.7 Å². The Bertz CT molecular complexity index is 1380. The van der Waals surface area contributed by atoms with Crippen LogP contribution in [-0.4, -0.2) is 36.0 Å². The lowest BCUT2D eigenvalue weighted by molar-refractivity contribution is -0.787. The minimum Gasteiger partial charge on any atom is -0.861 e. The Morgan fingerprint density at radius 2 is 1.76 bits per heavy atom. The second kappa shape index (κ2) is 12.8. The first-order valence-corrected chi connectivity index (χ1v) is 13.1. The maximum atomic E-state index is 13.6. The van der Waals surface area contributed by atoms with E-state index >= 15 is 0 Å². The van der Waals surface area contributed by atoms with E-state index in [1.54, 1.807) is 37.3 Å². The van der Waals surface area contributed by atoms with Gasteiger partial charge in [0.05, 0.1) is 17.8 Å². The van der Waals surface area contributed by atoms with Gasteiger partial charge in [0.1, 0.15) is 0 Å². The molecule has 0 saturated heterocycles. The van der Waals surface area contributed by atoms with Gasteiger partial charge in [-0.2, -0.15) is 26.3 Å². The van der Waals surface area contributed by atoms with E-state index in [9.17, 15) is 36.2 Å². The summed E-state index contributed by atoms with van der Waals surface area (Å²) in [6.45, 7) is 0.523. The van der Waals surface area contributed by atoms with Gasteiger partial charge in [-0.3, -0.25) is 14.8 Å². The highest BCUT2D eigenvalue weighted by atomic mass is 19.4. The van der Waals surface area contributed by atoms with Gasteiger partial charge in [-0.05, 0) is 47.2 Å². The van der Waals surface area contributed by atoms with Crippen molar-refractivity contribution in [2.75, 3.05) is 17.2 Å². The van der Waals surface area contributed by atoms with Gasteiger partial charge >= 0.3 is 24.3 Å². The van der Waals surface area contributed by atoms with Crippen molar-refractivity contribution < 1.29 is 45.4 Å². The van der Waals surface area contributed by atoms with Gasteiger partial charge in [0.2, 0.25) is 5.27 Å². The second-order valence-corrected chi connectivity index (χ2v) is 9.98. The molecule has 3 N–H and O–H groups in total. The topological polar surface area (TPSA) is 118 Å². The average molecular weight is 599 g/mol. The summed E-state index contributed by atoms with van der Waals surface area (Å²) in [5.74, 6) is -1.47. The fourth-order valence-electron chi connectivity index (χ4n) is 4.58. The summed E-state index contributed by atoms with van der Waals surface area (Å²) in [5.41, 5.74) is -1.02. The summed E-state index contributed by atoms with van der Waals surface area (Å²) < 4.78 is 84.5. The van der Waals surface area contributed by atoms with E-state index in [1.165, 1.54) is 10.9 Å². The summed E-state index contributed by atoms with van der Waals surface area (Å²) in [7, 11) is 0. The van der Waals surface area contributed by atoms with E-state index in [4.69, 9.17) is 4.52 Å². The minimum atomic E-state index is -4.77. The molecule has 4 rings (SSSR count). The van der Waals surface area contributed by atoms with Crippen LogP contribution in [0.15, 0.2) is 64.2 Å². The number of hydrogen-bond donors (Lipinski definition) is 3. The number of nitrogens with zero attached hydrogens (tertiary/aromatic N) is 3. The highest BCUT2D eigenvalue weighted by molar-refractivity contribution is 5.99. The fraction of sp³-hybridized carbons (Fsp3) is 0.407. The van der Waals surface area contributed by atoms with Crippen LogP contribution < -0.4 is 25.7 Å². The Balaban J connectivity index is 1.40. The molecule has 1 fully saturated rings. The molecule has 1 aromatic heterocycles. The van der Waals surface area contributed by atoms with Gasteiger partial charge in [-0.15, -0.1) is 0 Å². The SMILES string of the molecule is C[C@H](C([O-])=Nc1cc(NC(=O)Nc2c[n+](C3CCC(NCC(F)(F)F)CC3)no2)cc(C(F)(F)F)c1)c1ccccc1. The van der Waals surface area contributed by atoms with Crippen LogP contribution in [0.5, 0.6) is 0 Å². The zero-order valence-electron chi connectivity index (χ0n) is 22.3. The van der Waals surface area contributed by atoms with E-state index in [-0.39, 0.29) is 29.3 Å². The first kappa shape index (κ1) is 30.8. The third-order valence-corrected chi connectivity index (χ3v) is 6.79. The van der Waals surface area contributed by atoms with Crippen LogP contribution in [-0.2, 0) is 6.18 Å². The number of carbonyl (C=O) groups excluding carboxylic acids is 1. The number of urea groups is 1. The number of nitrogens with one attached hydrogen (secondary N) is 3. The lowest BCUT2D eigenvalue weighted by Crippen LogP contribution is -2.46. The summed E-state index contributed by atoms with van der Waals surface area (Å²) in [6.07, 6.45) is -5.66. The maximum Gasteiger partial charge on any atom is 0.416 e. The monoisotopic (exact) mass is 598 g/mol. The number of aliphatic imine (C=N–C) groups is 1. The van der Waals surface area contributed by atoms with Crippen LogP contribution in [0, 0.1) is 0 Å². The number of anilines is 2. The number of alkyl halides is 6. The molecular formula is C27H28F6N6O3. The Morgan fingerprint density at radius 1 is 1.07 bits per heavy atom. The fourth-order valence-corrected chi connectivity index (χ4v) is 4.58. The average Bonchev–Trinajstić information content (AvgIpc) is 3.39. The molecule has 42 heavy (non-hydrogen) atoms. The normalized spacial score (nSPS) is 18.9. The molecule has 1 saturated carbocycles. The molecule has 0 unspecified atom stereocenters. The van der Waals surface area contributed by atoms with Crippen molar-refractivity contribution in [1.29, 1.82) is 0 Å². The number of carbonyl (C=O) groups is 1. The number of aromatic nitrogens is 2. The molecule has 0 aliphatic heterocycles.